The summed E-state index contributed by atoms with van der Waals surface area (Å²) in [6.07, 6.45) is 2.29. The predicted octanol–water partition coefficient (Wildman–Crippen LogP) is 1.21. The van der Waals surface area contributed by atoms with Gasteiger partial charge in [0.05, 0.1) is 25.9 Å². The summed E-state index contributed by atoms with van der Waals surface area (Å²) < 4.78 is 27.7. The van der Waals surface area contributed by atoms with Crippen LogP contribution in [-0.2, 0) is 28.5 Å². The largest absolute Gasteiger partial charge is 0.466 e. The Bertz CT molecular complexity index is 812. The van der Waals surface area contributed by atoms with Crippen molar-refractivity contribution in [2.24, 2.45) is 0 Å². The molecule has 0 radical (unpaired) electrons. The summed E-state index contributed by atoms with van der Waals surface area (Å²) >= 11 is 0. The highest BCUT2D eigenvalue weighted by atomic mass is 16.8. The van der Waals surface area contributed by atoms with Gasteiger partial charge in [0, 0.05) is 6.42 Å². The molecule has 11 atom stereocenters. The van der Waals surface area contributed by atoms with E-state index in [1.807, 2.05) is 13.8 Å². The molecule has 13 heteroatoms. The van der Waals surface area contributed by atoms with Crippen molar-refractivity contribution in [3.05, 3.63) is 12.2 Å². The molecule has 0 spiro atoms. The van der Waals surface area contributed by atoms with E-state index in [2.05, 4.69) is 12.2 Å². The van der Waals surface area contributed by atoms with Crippen molar-refractivity contribution < 1.29 is 64.2 Å². The third-order valence-electron chi connectivity index (χ3n) is 8.29. The first-order valence-electron chi connectivity index (χ1n) is 16.7. The molecule has 0 aliphatic carbocycles. The van der Waals surface area contributed by atoms with Gasteiger partial charge < -0.3 is 59.4 Å². The van der Waals surface area contributed by atoms with E-state index < -0.39 is 74.6 Å². The molecule has 0 saturated carbocycles. The summed E-state index contributed by atoms with van der Waals surface area (Å²) in [5.41, 5.74) is 0. The normalized spacial score (nSPS) is 33.0. The van der Waals surface area contributed by atoms with Crippen LogP contribution < -0.4 is 0 Å². The molecule has 13 nitrogen and oxygen atoms in total. The maximum Gasteiger partial charge on any atom is 0.305 e. The second-order valence-electron chi connectivity index (χ2n) is 12.0. The molecule has 2 aliphatic heterocycles. The van der Waals surface area contributed by atoms with Crippen LogP contribution in [0.5, 0.6) is 0 Å². The Balaban J connectivity index is 1.66. The second kappa shape index (κ2) is 22.4. The van der Waals surface area contributed by atoms with Gasteiger partial charge in [-0.3, -0.25) is 4.79 Å². The molecule has 0 aromatic heterocycles. The van der Waals surface area contributed by atoms with Crippen LogP contribution in [0.25, 0.3) is 0 Å². The average molecular weight is 651 g/mol. The quantitative estimate of drug-likeness (QED) is 0.0501. The Kier molecular flexibility index (Phi) is 19.8. The van der Waals surface area contributed by atoms with Crippen LogP contribution in [0.15, 0.2) is 12.2 Å². The molecule has 45 heavy (non-hydrogen) atoms. The topological polar surface area (TPSA) is 205 Å². The molecule has 0 aromatic rings. The monoisotopic (exact) mass is 650 g/mol. The summed E-state index contributed by atoms with van der Waals surface area (Å²) in [6, 6.07) is 0. The Hall–Kier alpha value is -1.23. The van der Waals surface area contributed by atoms with E-state index in [9.17, 15) is 40.5 Å². The molecular formula is C32H58O13. The first-order valence-corrected chi connectivity index (χ1v) is 16.7. The minimum atomic E-state index is -1.71. The van der Waals surface area contributed by atoms with Crippen LogP contribution in [0.2, 0.25) is 0 Å². The van der Waals surface area contributed by atoms with Gasteiger partial charge in [0.1, 0.15) is 48.8 Å². The lowest BCUT2D eigenvalue weighted by Crippen LogP contribution is -2.64. The molecule has 2 heterocycles. The smallest absolute Gasteiger partial charge is 0.305 e. The van der Waals surface area contributed by atoms with E-state index in [0.29, 0.717) is 19.4 Å². The van der Waals surface area contributed by atoms with Gasteiger partial charge in [0.25, 0.3) is 0 Å². The fraction of sp³-hybridized carbons (Fsp3) is 0.906. The van der Waals surface area contributed by atoms with Crippen LogP contribution in [0.4, 0.5) is 0 Å². The van der Waals surface area contributed by atoms with E-state index >= 15 is 0 Å². The molecule has 2 aliphatic rings. The number of aliphatic hydroxyl groups is 7. The number of hydrogen-bond donors (Lipinski definition) is 7. The van der Waals surface area contributed by atoms with Crippen molar-refractivity contribution in [1.82, 2.24) is 0 Å². The molecule has 264 valence electrons. The maximum absolute atomic E-state index is 11.3. The lowest BCUT2D eigenvalue weighted by atomic mass is 9.97. The number of unbranched alkanes of at least 4 members (excludes halogenated alkanes) is 9. The second-order valence-corrected chi connectivity index (χ2v) is 12.0. The van der Waals surface area contributed by atoms with Gasteiger partial charge in [-0.25, -0.2) is 0 Å². The number of ether oxygens (including phenoxy) is 5. The summed E-state index contributed by atoms with van der Waals surface area (Å²) in [7, 11) is 0. The Morgan fingerprint density at radius 1 is 0.711 bits per heavy atom. The van der Waals surface area contributed by atoms with Gasteiger partial charge in [0.2, 0.25) is 0 Å². The van der Waals surface area contributed by atoms with Crippen LogP contribution in [0.3, 0.4) is 0 Å². The minimum Gasteiger partial charge on any atom is -0.466 e. The molecule has 0 amide bonds. The van der Waals surface area contributed by atoms with E-state index in [0.717, 1.165) is 64.2 Å². The minimum absolute atomic E-state index is 0.104. The van der Waals surface area contributed by atoms with Gasteiger partial charge in [-0.2, -0.15) is 0 Å². The highest BCUT2D eigenvalue weighted by Gasteiger charge is 2.51. The van der Waals surface area contributed by atoms with Gasteiger partial charge in [-0.05, 0) is 52.4 Å². The number of carbonyl (C=O) groups is 1. The SMILES string of the molecule is CCOC(=O)CCCCCCC/C=C\CCCCCCC(C)O[C@@H]1O[C@H](CO)[C@@H](O)[C@H](O)[C@H]1O[C@@H]1O[C@H](CO)[C@@H](O)[C@H](O)[C@H]1O. The van der Waals surface area contributed by atoms with Crippen molar-refractivity contribution in [2.45, 2.75) is 165 Å². The van der Waals surface area contributed by atoms with Crippen molar-refractivity contribution in [3.63, 3.8) is 0 Å². The highest BCUT2D eigenvalue weighted by Crippen LogP contribution is 2.30. The number of esters is 1. The van der Waals surface area contributed by atoms with Crippen molar-refractivity contribution >= 4 is 5.97 Å². The molecule has 7 N–H and O–H groups in total. The van der Waals surface area contributed by atoms with Crippen molar-refractivity contribution in [2.75, 3.05) is 19.8 Å². The Morgan fingerprint density at radius 3 is 1.84 bits per heavy atom. The molecule has 0 aromatic carbocycles. The summed E-state index contributed by atoms with van der Waals surface area (Å²) in [5, 5.41) is 70.7. The number of rotatable bonds is 22. The first-order chi connectivity index (χ1) is 21.6. The molecular weight excluding hydrogens is 592 g/mol. The zero-order chi connectivity index (χ0) is 33.2. The van der Waals surface area contributed by atoms with Gasteiger partial charge >= 0.3 is 5.97 Å². The summed E-state index contributed by atoms with van der Waals surface area (Å²) in [4.78, 5) is 11.3. The highest BCUT2D eigenvalue weighted by molar-refractivity contribution is 5.69. The fourth-order valence-corrected chi connectivity index (χ4v) is 5.52. The molecule has 2 fully saturated rings. The zero-order valence-electron chi connectivity index (χ0n) is 26.9. The molecule has 0 bridgehead atoms. The number of carbonyl (C=O) groups excluding carboxylic acids is 1. The third kappa shape index (κ3) is 13.8. The lowest BCUT2D eigenvalue weighted by molar-refractivity contribution is -0.371. The first kappa shape index (κ1) is 39.9. The van der Waals surface area contributed by atoms with Gasteiger partial charge in [0.15, 0.2) is 12.6 Å². The summed E-state index contributed by atoms with van der Waals surface area (Å²) in [6.45, 7) is 2.87. The molecule has 2 rings (SSSR count). The van der Waals surface area contributed by atoms with E-state index in [-0.39, 0.29) is 12.1 Å². The average Bonchev–Trinajstić information content (AvgIpc) is 3.02. The van der Waals surface area contributed by atoms with Crippen molar-refractivity contribution in [3.8, 4) is 0 Å². The lowest BCUT2D eigenvalue weighted by Gasteiger charge is -2.46. The van der Waals surface area contributed by atoms with E-state index in [1.165, 1.54) is 6.42 Å². The van der Waals surface area contributed by atoms with Crippen molar-refractivity contribution in [1.29, 1.82) is 0 Å². The third-order valence-corrected chi connectivity index (χ3v) is 8.29. The Morgan fingerprint density at radius 2 is 1.24 bits per heavy atom. The molecule has 2 saturated heterocycles. The van der Waals surface area contributed by atoms with E-state index in [4.69, 9.17) is 23.7 Å². The fourth-order valence-electron chi connectivity index (χ4n) is 5.52. The van der Waals surface area contributed by atoms with Crippen LogP contribution >= 0.6 is 0 Å². The van der Waals surface area contributed by atoms with Crippen LogP contribution in [-0.4, -0.2) is 129 Å². The van der Waals surface area contributed by atoms with Gasteiger partial charge in [-0.1, -0.05) is 50.7 Å². The van der Waals surface area contributed by atoms with Gasteiger partial charge in [-0.15, -0.1) is 0 Å². The maximum atomic E-state index is 11.3. The zero-order valence-corrected chi connectivity index (χ0v) is 26.9. The van der Waals surface area contributed by atoms with E-state index in [1.54, 1.807) is 0 Å². The number of aliphatic hydroxyl groups excluding tert-OH is 7. The van der Waals surface area contributed by atoms with Crippen LogP contribution in [0.1, 0.15) is 97.3 Å². The number of allylic oxidation sites excluding steroid dienone is 2. The predicted molar refractivity (Wildman–Crippen MR) is 163 cm³/mol. The molecule has 1 unspecified atom stereocenters. The summed E-state index contributed by atoms with van der Waals surface area (Å²) in [5.74, 6) is -0.104. The Labute approximate surface area is 267 Å². The van der Waals surface area contributed by atoms with Crippen LogP contribution in [0, 0.1) is 0 Å². The number of hydrogen-bond acceptors (Lipinski definition) is 13. The standard InChI is InChI=1S/C32H58O13/c1-3-41-24(35)18-16-14-12-10-8-6-4-5-7-9-11-13-15-17-21(2)42-32-30(28(39)26(37)23(20-34)44-32)45-31-29(40)27(38)25(36)22(19-33)43-31/h4-5,21-23,25-34,36-40H,3,6-20H2,1-2H3/b5-4-/t21?,22-,23-,25-,26-,27+,28+,29-,30-,31+,32-/m1/s1.